The van der Waals surface area contributed by atoms with Gasteiger partial charge in [-0.15, -0.1) is 0 Å². The molecule has 1 fully saturated rings. The highest BCUT2D eigenvalue weighted by Gasteiger charge is 2.50. The van der Waals surface area contributed by atoms with Gasteiger partial charge in [-0.05, 0) is 64.9 Å². The van der Waals surface area contributed by atoms with Crippen molar-refractivity contribution in [1.29, 1.82) is 5.41 Å². The molecule has 1 aliphatic rings. The Kier molecular flexibility index (Phi) is 8.28. The smallest absolute Gasteiger partial charge is 0.251 e. The summed E-state index contributed by atoms with van der Waals surface area (Å²) in [7, 11) is 0. The van der Waals surface area contributed by atoms with E-state index in [0.29, 0.717) is 30.1 Å². The zero-order valence-electron chi connectivity index (χ0n) is 22.9. The summed E-state index contributed by atoms with van der Waals surface area (Å²) in [6.07, 6.45) is 1.67. The van der Waals surface area contributed by atoms with Crippen LogP contribution >= 0.6 is 11.6 Å². The third-order valence-corrected chi connectivity index (χ3v) is 8.07. The van der Waals surface area contributed by atoms with E-state index in [9.17, 15) is 14.7 Å². The number of hydrogen-bond acceptors (Lipinski definition) is 4. The SMILES string of the molecule is CC(C)[C@@H](NC(=O)c1cccc(-c2cccc(C=N)c2)c1)C(=O)N1CC[C@](O)(c2ccc(Cl)cc2)C(C)(C)C1. The first-order valence-electron chi connectivity index (χ1n) is 13.2. The first-order chi connectivity index (χ1) is 18.4. The number of benzene rings is 3. The van der Waals surface area contributed by atoms with Gasteiger partial charge in [0.1, 0.15) is 6.04 Å². The molecular weight excluding hydrogens is 510 g/mol. The van der Waals surface area contributed by atoms with Gasteiger partial charge in [-0.25, -0.2) is 0 Å². The highest BCUT2D eigenvalue weighted by molar-refractivity contribution is 6.30. The summed E-state index contributed by atoms with van der Waals surface area (Å²) in [5.41, 5.74) is 2.05. The molecule has 0 radical (unpaired) electrons. The monoisotopic (exact) mass is 545 g/mol. The van der Waals surface area contributed by atoms with Crippen molar-refractivity contribution in [2.45, 2.75) is 45.8 Å². The van der Waals surface area contributed by atoms with E-state index in [2.05, 4.69) is 5.32 Å². The number of carbonyl (C=O) groups excluding carboxylic acids is 2. The fourth-order valence-electron chi connectivity index (χ4n) is 5.35. The topological polar surface area (TPSA) is 93.5 Å². The molecule has 2 atom stereocenters. The minimum atomic E-state index is -1.11. The predicted octanol–water partition coefficient (Wildman–Crippen LogP) is 5.91. The maximum Gasteiger partial charge on any atom is 0.251 e. The minimum Gasteiger partial charge on any atom is -0.384 e. The van der Waals surface area contributed by atoms with Crippen LogP contribution in [0.5, 0.6) is 0 Å². The molecule has 0 bridgehead atoms. The normalized spacial score (nSPS) is 19.4. The van der Waals surface area contributed by atoms with Crippen molar-refractivity contribution in [2.24, 2.45) is 11.3 Å². The second-order valence-electron chi connectivity index (χ2n) is 11.3. The van der Waals surface area contributed by atoms with E-state index in [1.165, 1.54) is 6.21 Å². The molecule has 1 aliphatic heterocycles. The lowest BCUT2D eigenvalue weighted by Crippen LogP contribution is -2.60. The Balaban J connectivity index is 1.51. The van der Waals surface area contributed by atoms with Crippen LogP contribution in [-0.4, -0.2) is 47.2 Å². The number of nitrogens with zero attached hydrogens (tertiary/aromatic N) is 1. The van der Waals surface area contributed by atoms with Gasteiger partial charge in [-0.1, -0.05) is 81.8 Å². The number of aliphatic hydroxyl groups is 1. The van der Waals surface area contributed by atoms with Crippen LogP contribution < -0.4 is 5.32 Å². The second kappa shape index (κ2) is 11.3. The Hall–Kier alpha value is -3.48. The molecule has 1 saturated heterocycles. The van der Waals surface area contributed by atoms with E-state index in [0.717, 1.165) is 22.3 Å². The van der Waals surface area contributed by atoms with E-state index in [-0.39, 0.29) is 17.7 Å². The molecule has 0 spiro atoms. The Labute approximate surface area is 235 Å². The van der Waals surface area contributed by atoms with E-state index < -0.39 is 17.1 Å². The molecule has 7 heteroatoms. The van der Waals surface area contributed by atoms with Crippen molar-refractivity contribution in [2.75, 3.05) is 13.1 Å². The zero-order valence-corrected chi connectivity index (χ0v) is 23.6. The van der Waals surface area contributed by atoms with E-state index in [1.807, 2.05) is 76.2 Å². The maximum atomic E-state index is 13.7. The molecule has 3 aromatic carbocycles. The van der Waals surface area contributed by atoms with Crippen LogP contribution in [0, 0.1) is 16.7 Å². The van der Waals surface area contributed by atoms with Crippen molar-refractivity contribution in [3.63, 3.8) is 0 Å². The van der Waals surface area contributed by atoms with Gasteiger partial charge in [0.25, 0.3) is 5.91 Å². The lowest BCUT2D eigenvalue weighted by Gasteiger charge is -2.51. The van der Waals surface area contributed by atoms with Gasteiger partial charge in [-0.3, -0.25) is 9.59 Å². The molecule has 2 amide bonds. The number of amides is 2. The summed E-state index contributed by atoms with van der Waals surface area (Å²) in [5, 5.41) is 22.8. The molecule has 204 valence electrons. The number of piperidine rings is 1. The van der Waals surface area contributed by atoms with E-state index in [4.69, 9.17) is 17.0 Å². The van der Waals surface area contributed by atoms with E-state index >= 15 is 0 Å². The zero-order chi connectivity index (χ0) is 28.4. The number of carbonyl (C=O) groups is 2. The van der Waals surface area contributed by atoms with Gasteiger partial charge in [0.05, 0.1) is 5.60 Å². The first kappa shape index (κ1) is 28.5. The highest BCUT2D eigenvalue weighted by Crippen LogP contribution is 2.46. The fourth-order valence-corrected chi connectivity index (χ4v) is 5.48. The molecule has 0 saturated carbocycles. The third kappa shape index (κ3) is 5.92. The van der Waals surface area contributed by atoms with Gasteiger partial charge < -0.3 is 20.7 Å². The summed E-state index contributed by atoms with van der Waals surface area (Å²) in [6, 6.07) is 21.4. The predicted molar refractivity (Wildman–Crippen MR) is 156 cm³/mol. The Morgan fingerprint density at radius 2 is 1.67 bits per heavy atom. The van der Waals surface area contributed by atoms with Gasteiger partial charge in [0.2, 0.25) is 5.91 Å². The van der Waals surface area contributed by atoms with Crippen LogP contribution in [-0.2, 0) is 10.4 Å². The largest absolute Gasteiger partial charge is 0.384 e. The van der Waals surface area contributed by atoms with Gasteiger partial charge in [-0.2, -0.15) is 0 Å². The number of nitrogens with one attached hydrogen (secondary N) is 2. The average molecular weight is 546 g/mol. The second-order valence-corrected chi connectivity index (χ2v) is 11.7. The molecule has 4 rings (SSSR count). The number of rotatable bonds is 7. The lowest BCUT2D eigenvalue weighted by atomic mass is 9.66. The Morgan fingerprint density at radius 3 is 2.28 bits per heavy atom. The van der Waals surface area contributed by atoms with Crippen molar-refractivity contribution in [3.05, 3.63) is 94.5 Å². The molecule has 0 aromatic heterocycles. The maximum absolute atomic E-state index is 13.7. The molecule has 1 heterocycles. The standard InChI is InChI=1S/C32H36ClN3O3/c1-21(2)28(35-29(37)25-10-6-9-24(18-25)23-8-5-7-22(17-23)19-34)30(38)36-16-15-32(39,31(3,4)20-36)26-11-13-27(33)14-12-26/h5-14,17-19,21,28,34,39H,15-16,20H2,1-4H3,(H,35,37)/t28-,32+/m1/s1. The highest BCUT2D eigenvalue weighted by atomic mass is 35.5. The molecule has 3 aromatic rings. The molecule has 0 unspecified atom stereocenters. The molecule has 3 N–H and O–H groups in total. The third-order valence-electron chi connectivity index (χ3n) is 7.81. The molecule has 6 nitrogen and oxygen atoms in total. The van der Waals surface area contributed by atoms with Crippen molar-refractivity contribution in [3.8, 4) is 11.1 Å². The molecular formula is C32H36ClN3O3. The van der Waals surface area contributed by atoms with E-state index in [1.54, 1.807) is 29.2 Å². The van der Waals surface area contributed by atoms with Crippen LogP contribution in [0.3, 0.4) is 0 Å². The summed E-state index contributed by atoms with van der Waals surface area (Å²) in [5.74, 6) is -0.602. The van der Waals surface area contributed by atoms with Crippen LogP contribution in [0.1, 0.15) is 55.6 Å². The van der Waals surface area contributed by atoms with Gasteiger partial charge in [0.15, 0.2) is 0 Å². The minimum absolute atomic E-state index is 0.130. The Morgan fingerprint density at radius 1 is 1.03 bits per heavy atom. The van der Waals surface area contributed by atoms with Gasteiger partial charge >= 0.3 is 0 Å². The molecule has 39 heavy (non-hydrogen) atoms. The van der Waals surface area contributed by atoms with Crippen molar-refractivity contribution < 1.29 is 14.7 Å². The average Bonchev–Trinajstić information content (AvgIpc) is 2.93. The number of halogens is 1. The molecule has 0 aliphatic carbocycles. The lowest BCUT2D eigenvalue weighted by molar-refractivity contribution is -0.155. The van der Waals surface area contributed by atoms with Crippen LogP contribution in [0.4, 0.5) is 0 Å². The van der Waals surface area contributed by atoms with Crippen LogP contribution in [0.25, 0.3) is 11.1 Å². The quantitative estimate of drug-likeness (QED) is 0.322. The summed E-state index contributed by atoms with van der Waals surface area (Å²) in [6.45, 7) is 8.48. The summed E-state index contributed by atoms with van der Waals surface area (Å²) < 4.78 is 0. The Bertz CT molecular complexity index is 1370. The number of likely N-dealkylation sites (tertiary alicyclic amines) is 1. The van der Waals surface area contributed by atoms with Crippen LogP contribution in [0.2, 0.25) is 5.02 Å². The fraction of sp³-hybridized carbons (Fsp3) is 0.344. The first-order valence-corrected chi connectivity index (χ1v) is 13.6. The summed E-state index contributed by atoms with van der Waals surface area (Å²) >= 11 is 6.06. The van der Waals surface area contributed by atoms with Crippen LogP contribution in [0.15, 0.2) is 72.8 Å². The van der Waals surface area contributed by atoms with Gasteiger partial charge in [0, 0.05) is 35.3 Å². The summed E-state index contributed by atoms with van der Waals surface area (Å²) in [4.78, 5) is 28.8. The number of hydrogen-bond donors (Lipinski definition) is 3. The van der Waals surface area contributed by atoms with Crippen molar-refractivity contribution in [1.82, 2.24) is 10.2 Å². The van der Waals surface area contributed by atoms with Crippen molar-refractivity contribution >= 4 is 29.6 Å².